The van der Waals surface area contributed by atoms with E-state index in [1.165, 1.54) is 0 Å². The van der Waals surface area contributed by atoms with E-state index in [0.717, 1.165) is 5.56 Å². The first-order chi connectivity index (χ1) is 23.2. The lowest BCUT2D eigenvalue weighted by Crippen LogP contribution is -2.79. The Morgan fingerprint density at radius 2 is 1.18 bits per heavy atom. The van der Waals surface area contributed by atoms with Crippen molar-refractivity contribution in [1.82, 2.24) is 0 Å². The SMILES string of the molecule is CC(C)(C)OC(=O)[C@H]1O[C@@]2(CCC=O)O[C@](C(=O)OC(C)(C)C)([C@H](OCc3ccccc3)[C@H]2OCc2ccccc2)[C@]1(O)C(=O)OC(C)(C)C. The molecule has 50 heavy (non-hydrogen) atoms. The van der Waals surface area contributed by atoms with Crippen LogP contribution in [0.15, 0.2) is 60.7 Å². The highest BCUT2D eigenvalue weighted by atomic mass is 16.8. The summed E-state index contributed by atoms with van der Waals surface area (Å²) in [7, 11) is 0. The summed E-state index contributed by atoms with van der Waals surface area (Å²) in [5.74, 6) is -5.98. The summed E-state index contributed by atoms with van der Waals surface area (Å²) >= 11 is 0. The third-order valence-electron chi connectivity index (χ3n) is 7.89. The van der Waals surface area contributed by atoms with Crippen molar-refractivity contribution >= 4 is 24.2 Å². The topological polar surface area (TPSA) is 153 Å². The van der Waals surface area contributed by atoms with Gasteiger partial charge in [0.1, 0.15) is 35.3 Å². The Bertz CT molecular complexity index is 1510. The zero-order valence-corrected chi connectivity index (χ0v) is 30.3. The summed E-state index contributed by atoms with van der Waals surface area (Å²) in [6.07, 6.45) is -5.20. The normalized spacial score (nSPS) is 28.1. The molecule has 1 N–H and O–H groups in total. The molecule has 2 fully saturated rings. The second kappa shape index (κ2) is 14.5. The lowest BCUT2D eigenvalue weighted by atomic mass is 9.74. The Labute approximate surface area is 293 Å². The van der Waals surface area contributed by atoms with Gasteiger partial charge in [0, 0.05) is 12.8 Å². The second-order valence-corrected chi connectivity index (χ2v) is 15.6. The summed E-state index contributed by atoms with van der Waals surface area (Å²) in [5.41, 5.74) is -8.30. The molecule has 0 amide bonds. The van der Waals surface area contributed by atoms with Crippen LogP contribution in [0.3, 0.4) is 0 Å². The zero-order valence-electron chi connectivity index (χ0n) is 30.3. The fourth-order valence-electron chi connectivity index (χ4n) is 6.01. The van der Waals surface area contributed by atoms with Gasteiger partial charge >= 0.3 is 17.9 Å². The number of carbonyl (C=O) groups is 4. The van der Waals surface area contributed by atoms with Gasteiger partial charge < -0.3 is 43.1 Å². The van der Waals surface area contributed by atoms with Gasteiger partial charge in [-0.2, -0.15) is 0 Å². The van der Waals surface area contributed by atoms with Crippen LogP contribution in [0.25, 0.3) is 0 Å². The molecular weight excluding hydrogens is 648 g/mol. The highest BCUT2D eigenvalue weighted by Gasteiger charge is 2.86. The Balaban J connectivity index is 2.05. The first-order valence-electron chi connectivity index (χ1n) is 16.7. The first kappa shape index (κ1) is 39.1. The highest BCUT2D eigenvalue weighted by Crippen LogP contribution is 2.58. The summed E-state index contributed by atoms with van der Waals surface area (Å²) in [4.78, 5) is 55.5. The molecule has 2 bridgehead atoms. The number of aldehydes is 1. The van der Waals surface area contributed by atoms with Gasteiger partial charge in [-0.05, 0) is 73.4 Å². The number of benzene rings is 2. The van der Waals surface area contributed by atoms with Crippen molar-refractivity contribution in [1.29, 1.82) is 0 Å². The Hall–Kier alpha value is -3.68. The quantitative estimate of drug-likeness (QED) is 0.185. The van der Waals surface area contributed by atoms with Crippen LogP contribution in [0, 0.1) is 0 Å². The van der Waals surface area contributed by atoms with Crippen LogP contribution >= 0.6 is 0 Å². The van der Waals surface area contributed by atoms with E-state index < -0.39 is 70.0 Å². The van der Waals surface area contributed by atoms with Crippen LogP contribution < -0.4 is 0 Å². The Morgan fingerprint density at radius 1 is 0.720 bits per heavy atom. The molecule has 2 aliphatic rings. The molecule has 12 heteroatoms. The number of aliphatic hydroxyl groups is 1. The average Bonchev–Trinajstić information content (AvgIpc) is 3.25. The monoisotopic (exact) mass is 698 g/mol. The van der Waals surface area contributed by atoms with Gasteiger partial charge in [0.15, 0.2) is 0 Å². The summed E-state index contributed by atoms with van der Waals surface area (Å²) in [6.45, 7) is 14.0. The molecule has 2 aliphatic heterocycles. The van der Waals surface area contributed by atoms with Gasteiger partial charge in [-0.15, -0.1) is 0 Å². The lowest BCUT2D eigenvalue weighted by molar-refractivity contribution is -0.380. The van der Waals surface area contributed by atoms with Crippen molar-refractivity contribution in [3.63, 3.8) is 0 Å². The average molecular weight is 699 g/mol. The molecule has 4 rings (SSSR count). The van der Waals surface area contributed by atoms with Gasteiger partial charge in [-0.3, -0.25) is 0 Å². The molecule has 0 aliphatic carbocycles. The minimum atomic E-state index is -3.28. The van der Waals surface area contributed by atoms with E-state index >= 15 is 0 Å². The van der Waals surface area contributed by atoms with Crippen LogP contribution in [0.5, 0.6) is 0 Å². The van der Waals surface area contributed by atoms with E-state index in [1.54, 1.807) is 86.6 Å². The number of ether oxygens (including phenoxy) is 7. The maximum Gasteiger partial charge on any atom is 0.346 e. The largest absolute Gasteiger partial charge is 0.458 e. The summed E-state index contributed by atoms with van der Waals surface area (Å²) in [6, 6.07) is 18.0. The molecule has 2 aromatic rings. The molecule has 2 saturated heterocycles. The minimum absolute atomic E-state index is 0.0708. The Morgan fingerprint density at radius 3 is 1.64 bits per heavy atom. The predicted octanol–water partition coefficient (Wildman–Crippen LogP) is 4.76. The fraction of sp³-hybridized carbons (Fsp3) is 0.579. The van der Waals surface area contributed by atoms with Gasteiger partial charge in [-0.25, -0.2) is 14.4 Å². The fourth-order valence-corrected chi connectivity index (χ4v) is 6.01. The molecule has 0 spiro atoms. The van der Waals surface area contributed by atoms with Crippen molar-refractivity contribution in [3.8, 4) is 0 Å². The summed E-state index contributed by atoms with van der Waals surface area (Å²) in [5, 5.41) is 13.0. The number of hydrogen-bond acceptors (Lipinski definition) is 12. The molecule has 0 unspecified atom stereocenters. The smallest absolute Gasteiger partial charge is 0.346 e. The number of esters is 3. The van der Waals surface area contributed by atoms with E-state index in [2.05, 4.69) is 0 Å². The predicted molar refractivity (Wildman–Crippen MR) is 179 cm³/mol. The van der Waals surface area contributed by atoms with Gasteiger partial charge in [-0.1, -0.05) is 60.7 Å². The van der Waals surface area contributed by atoms with E-state index in [1.807, 2.05) is 36.4 Å². The molecule has 12 nitrogen and oxygen atoms in total. The van der Waals surface area contributed by atoms with Crippen molar-refractivity contribution in [3.05, 3.63) is 71.8 Å². The van der Waals surface area contributed by atoms with Crippen LogP contribution in [-0.2, 0) is 65.5 Å². The van der Waals surface area contributed by atoms with Crippen LogP contribution in [0.1, 0.15) is 86.3 Å². The van der Waals surface area contributed by atoms with Gasteiger partial charge in [0.2, 0.25) is 23.1 Å². The van der Waals surface area contributed by atoms with Crippen LogP contribution in [0.2, 0.25) is 0 Å². The molecule has 2 aromatic carbocycles. The van der Waals surface area contributed by atoms with Crippen molar-refractivity contribution in [2.45, 2.75) is 140 Å². The van der Waals surface area contributed by atoms with Crippen LogP contribution in [0.4, 0.5) is 0 Å². The first-order valence-corrected chi connectivity index (χ1v) is 16.7. The minimum Gasteiger partial charge on any atom is -0.458 e. The van der Waals surface area contributed by atoms with Crippen molar-refractivity contribution in [2.75, 3.05) is 0 Å². The highest BCUT2D eigenvalue weighted by molar-refractivity contribution is 5.99. The maximum absolute atomic E-state index is 14.9. The maximum atomic E-state index is 14.9. The van der Waals surface area contributed by atoms with E-state index in [9.17, 15) is 24.3 Å². The molecular formula is C38H50O12. The second-order valence-electron chi connectivity index (χ2n) is 15.6. The lowest BCUT2D eigenvalue weighted by Gasteiger charge is -2.51. The number of rotatable bonds is 12. The number of hydrogen-bond donors (Lipinski definition) is 1. The van der Waals surface area contributed by atoms with Crippen molar-refractivity contribution < 1.29 is 57.4 Å². The van der Waals surface area contributed by atoms with Crippen molar-refractivity contribution in [2.24, 2.45) is 0 Å². The molecule has 0 saturated carbocycles. The van der Waals surface area contributed by atoms with Crippen LogP contribution in [-0.4, -0.2) is 81.4 Å². The zero-order chi connectivity index (χ0) is 37.2. The molecule has 274 valence electrons. The van der Waals surface area contributed by atoms with E-state index in [-0.39, 0.29) is 26.1 Å². The number of fused-ring (bicyclic) bond motifs is 2. The Kier molecular flexibility index (Phi) is 11.4. The standard InChI is InChI=1S/C38H50O12/c1-33(2,3)47-30(40)29-37(43,31(41)48-34(4,5)6)38(32(42)49-35(7,8)9)28(45-24-26-19-14-11-15-20-26)27(36(46-29,50-38)21-16-22-39)44-23-25-17-12-10-13-18-25/h10-15,17-20,22,27-29,43H,16,21,23-24H2,1-9H3/t27-,28-,29-,36+,37-,38+/m1/s1. The van der Waals surface area contributed by atoms with Gasteiger partial charge in [0.25, 0.3) is 0 Å². The van der Waals surface area contributed by atoms with Gasteiger partial charge in [0.05, 0.1) is 13.2 Å². The third kappa shape index (κ3) is 8.26. The van der Waals surface area contributed by atoms with E-state index in [4.69, 9.17) is 33.2 Å². The molecule has 2 heterocycles. The third-order valence-corrected chi connectivity index (χ3v) is 7.89. The molecule has 6 atom stereocenters. The van der Waals surface area contributed by atoms with E-state index in [0.29, 0.717) is 11.8 Å². The summed E-state index contributed by atoms with van der Waals surface area (Å²) < 4.78 is 43.3. The molecule has 0 aromatic heterocycles. The molecule has 0 radical (unpaired) electrons. The number of carbonyl (C=O) groups excluding carboxylic acids is 4.